The zero-order valence-electron chi connectivity index (χ0n) is 73.0. The van der Waals surface area contributed by atoms with Gasteiger partial charge in [-0.05, 0) is 211 Å². The normalized spacial score (nSPS) is 12.4. The number of benzene rings is 14. The summed E-state index contributed by atoms with van der Waals surface area (Å²) in [5.41, 5.74) is 6.78. The Balaban J connectivity index is 0.000000145. The molecule has 0 atom stereocenters. The third-order valence-electron chi connectivity index (χ3n) is 20.9. The fourth-order valence-corrected chi connectivity index (χ4v) is 24.1. The van der Waals surface area contributed by atoms with Gasteiger partial charge in [0.25, 0.3) is 0 Å². The summed E-state index contributed by atoms with van der Waals surface area (Å²) in [7, 11) is -2.22. The van der Waals surface area contributed by atoms with Crippen LogP contribution in [-0.2, 0) is 41.0 Å². The van der Waals surface area contributed by atoms with Crippen LogP contribution in [0.4, 0.5) is 4.79 Å². The van der Waals surface area contributed by atoms with Gasteiger partial charge in [-0.25, -0.2) is 14.8 Å². The van der Waals surface area contributed by atoms with E-state index in [1.54, 1.807) is 12.4 Å². The van der Waals surface area contributed by atoms with Crippen LogP contribution in [-0.4, -0.2) is 55.5 Å². The van der Waals surface area contributed by atoms with Crippen LogP contribution >= 0.6 is 70.8 Å². The van der Waals surface area contributed by atoms with Crippen molar-refractivity contribution >= 4 is 170 Å². The maximum absolute atomic E-state index is 12.0. The van der Waals surface area contributed by atoms with Crippen LogP contribution in [0.2, 0.25) is 10.3 Å². The van der Waals surface area contributed by atoms with Crippen molar-refractivity contribution in [1.82, 2.24) is 19.7 Å². The van der Waals surface area contributed by atoms with Crippen molar-refractivity contribution in [3.8, 4) is 11.1 Å². The zero-order valence-corrected chi connectivity index (χ0v) is 81.2. The van der Waals surface area contributed by atoms with Gasteiger partial charge in [-0.2, -0.15) is 9.78 Å². The third kappa shape index (κ3) is 27.5. The fourth-order valence-electron chi connectivity index (χ4n) is 14.1. The first-order valence-corrected chi connectivity index (χ1v) is 49.0. The Kier molecular flexibility index (Phi) is 37.5. The maximum Gasteiger partial charge on any atom is 0.498 e. The quantitative estimate of drug-likeness (QED) is 0.0607. The monoisotopic (exact) mass is 1960 g/mol. The summed E-state index contributed by atoms with van der Waals surface area (Å²) in [6, 6.07) is 149. The number of pyridine rings is 2. The summed E-state index contributed by atoms with van der Waals surface area (Å²) in [4.78, 5) is 24.6. The fraction of sp³-hybridized carbons (Fsp3) is 0.126. The van der Waals surface area contributed by atoms with E-state index in [4.69, 9.17) is 37.2 Å². The van der Waals surface area contributed by atoms with Gasteiger partial charge in [0.15, 0.2) is 0 Å². The second-order valence-corrected chi connectivity index (χ2v) is 42.1. The Hall–Kier alpha value is -10.6. The van der Waals surface area contributed by atoms with Crippen LogP contribution in [0, 0.1) is 6.92 Å². The molecule has 0 saturated carbocycles. The number of carbonyl (C=O) groups excluding carboxylic acids is 1. The molecule has 17 aromatic rings. The van der Waals surface area contributed by atoms with Crippen LogP contribution in [0.3, 0.4) is 0 Å². The molecule has 0 N–H and O–H groups in total. The summed E-state index contributed by atoms with van der Waals surface area (Å²) in [5.74, 6) is 0. The predicted molar refractivity (Wildman–Crippen MR) is 557 cm³/mol. The number of aliphatic imine (C=N–C) groups is 1. The minimum absolute atomic E-state index is 0. The Morgan fingerprint density at radius 2 is 0.690 bits per heavy atom. The number of carbonyl (C=O) groups is 1. The Labute approximate surface area is 799 Å². The number of rotatable bonds is 14. The van der Waals surface area contributed by atoms with Crippen molar-refractivity contribution in [2.24, 2.45) is 4.99 Å². The van der Waals surface area contributed by atoms with Gasteiger partial charge in [-0.15, -0.1) is 0 Å². The van der Waals surface area contributed by atoms with Gasteiger partial charge in [0.1, 0.15) is 15.9 Å². The second kappa shape index (κ2) is 48.9. The molecule has 129 heavy (non-hydrogen) atoms. The molecule has 5 heterocycles. The average molecular weight is 1970 g/mol. The number of hydrogen-bond acceptors (Lipinski definition) is 8. The number of aryl methyl sites for hydroxylation is 1. The molecule has 2 aliphatic heterocycles. The number of aromatic nitrogens is 4. The van der Waals surface area contributed by atoms with Crippen LogP contribution < -0.4 is 69.1 Å². The van der Waals surface area contributed by atoms with Crippen molar-refractivity contribution in [1.29, 1.82) is 0 Å². The minimum Gasteiger partial charge on any atom is -0.442 e. The molecule has 0 bridgehead atoms. The van der Waals surface area contributed by atoms with E-state index in [9.17, 15) is 4.79 Å². The molecule has 2 aliphatic rings. The van der Waals surface area contributed by atoms with E-state index in [1.165, 1.54) is 79.5 Å². The summed E-state index contributed by atoms with van der Waals surface area (Å²) in [5, 5.41) is 22.9. The van der Waals surface area contributed by atoms with Gasteiger partial charge in [0.2, 0.25) is 0 Å². The number of halogens is 3. The SMILES string of the molecule is C.CC1(C)OB(c2cccnc2Cl)OC1(C)C.CC1=NCc2ccc(-c3cccnc3Cl)cc21.Cc1nn(C(=O)OC(C)(C)C)c2ccc(Br)cc12.[Pd].c1ccc(P(c2ccccc2)c2ccccc2)cc1.c1ccc(P(c2ccccc2)c2ccccc2)cc1.c1ccc(P(c2ccccc2)c2ccccc2)cc1.c1ccc(P(c2ccccc2)c2ccccc2)cc1. The number of ether oxygens (including phenoxy) is 1. The van der Waals surface area contributed by atoms with E-state index < -0.39 is 50.5 Å². The van der Waals surface area contributed by atoms with Crippen LogP contribution in [0.25, 0.3) is 22.0 Å². The molecule has 1 fully saturated rings. The predicted octanol–water partition coefficient (Wildman–Crippen LogP) is 24.1. The Bertz CT molecular complexity index is 5440. The van der Waals surface area contributed by atoms with Crippen LogP contribution in [0.15, 0.2) is 447 Å². The van der Waals surface area contributed by atoms with E-state index in [1.807, 2.05) is 105 Å². The van der Waals surface area contributed by atoms with E-state index in [-0.39, 0.29) is 39.1 Å². The number of fused-ring (bicyclic) bond motifs is 2. The van der Waals surface area contributed by atoms with Crippen molar-refractivity contribution < 1.29 is 39.3 Å². The van der Waals surface area contributed by atoms with Gasteiger partial charge in [-0.1, -0.05) is 429 Å². The molecule has 18 heteroatoms. The molecule has 0 aliphatic carbocycles. The zero-order chi connectivity index (χ0) is 89.0. The van der Waals surface area contributed by atoms with Gasteiger partial charge >= 0.3 is 13.2 Å². The molecular formula is C111H105BBrCl2N5O4P4Pd. The van der Waals surface area contributed by atoms with Gasteiger partial charge < -0.3 is 14.0 Å². The van der Waals surface area contributed by atoms with E-state index in [0.717, 1.165) is 49.9 Å². The first-order valence-electron chi connectivity index (χ1n) is 42.1. The van der Waals surface area contributed by atoms with Gasteiger partial charge in [0, 0.05) is 65.0 Å². The second-order valence-electron chi connectivity index (χ2n) is 31.6. The van der Waals surface area contributed by atoms with Crippen molar-refractivity contribution in [3.05, 3.63) is 469 Å². The standard InChI is InChI=1S/4C18H15P.C14H11ClN2.C13H15BrN2O2.C11H15BClNO2.CH4.Pd/c4*1-4-10-16(11-5-1)19(17-12-6-2-7-13-17)18-14-8-3-9-15-18;1-9-13-7-10(4-5-11(13)8-17-9)12-3-2-6-16-14(12)15;1-8-10-7-9(14)5-6-11(10)16(15-8)12(17)18-13(2,3)4;1-10(2)11(3,4)16-12(15-10)8-6-5-7-14-9(8)13;;/h4*1-15H;2-7H,8H2,1H3;5-7H,1-4H3;5-7H,1-4H3;1H4;. The Morgan fingerprint density at radius 1 is 0.395 bits per heavy atom. The summed E-state index contributed by atoms with van der Waals surface area (Å²) in [6.45, 7) is 18.3. The summed E-state index contributed by atoms with van der Waals surface area (Å²) >= 11 is 15.5. The van der Waals surface area contributed by atoms with Crippen LogP contribution in [0.5, 0.6) is 0 Å². The first-order chi connectivity index (χ1) is 61.7. The van der Waals surface area contributed by atoms with E-state index >= 15 is 0 Å². The topological polar surface area (TPSA) is 101 Å². The number of nitrogens with zero attached hydrogens (tertiary/aromatic N) is 5. The smallest absolute Gasteiger partial charge is 0.442 e. The molecule has 0 spiro atoms. The third-order valence-corrected chi connectivity index (χ3v) is 31.8. The molecule has 19 rings (SSSR count). The minimum atomic E-state index is -0.529. The maximum atomic E-state index is 12.0. The van der Waals surface area contributed by atoms with Crippen LogP contribution in [0.1, 0.15) is 79.6 Å². The largest absolute Gasteiger partial charge is 0.498 e. The molecule has 14 aromatic carbocycles. The molecular weight excluding hydrogens is 1860 g/mol. The van der Waals surface area contributed by atoms with E-state index in [0.29, 0.717) is 10.3 Å². The molecule has 9 nitrogen and oxygen atoms in total. The molecule has 0 radical (unpaired) electrons. The molecule has 652 valence electrons. The van der Waals surface area contributed by atoms with E-state index in [2.05, 4.69) is 418 Å². The summed E-state index contributed by atoms with van der Waals surface area (Å²) in [6.07, 6.45) is 2.89. The Morgan fingerprint density at radius 3 is 0.977 bits per heavy atom. The molecule has 1 saturated heterocycles. The van der Waals surface area contributed by atoms with Gasteiger partial charge in [-0.3, -0.25) is 4.99 Å². The van der Waals surface area contributed by atoms with Gasteiger partial charge in [0.05, 0.1) is 29.0 Å². The molecule has 3 aromatic heterocycles. The van der Waals surface area contributed by atoms with Crippen molar-refractivity contribution in [2.75, 3.05) is 0 Å². The number of hydrogen-bond donors (Lipinski definition) is 0. The van der Waals surface area contributed by atoms with Crippen molar-refractivity contribution in [3.63, 3.8) is 0 Å². The summed E-state index contributed by atoms with van der Waals surface area (Å²) < 4.78 is 19.4. The molecule has 0 unspecified atom stereocenters. The first kappa shape index (κ1) is 99.0. The van der Waals surface area contributed by atoms with Crippen molar-refractivity contribution in [2.45, 2.75) is 93.1 Å². The average Bonchev–Trinajstić information content (AvgIpc) is 1.62. The molecule has 0 amide bonds.